The minimum Gasteiger partial charge on any atom is -0.481 e. The fourth-order valence-electron chi connectivity index (χ4n) is 6.13. The number of aliphatic carboxylic acids is 3. The van der Waals surface area contributed by atoms with E-state index in [1.165, 1.54) is 23.6 Å². The molecule has 13 N–H and O–H groups in total. The molecular formula is C37H61N9O15S. The van der Waals surface area contributed by atoms with E-state index in [0.717, 1.165) is 6.92 Å². The van der Waals surface area contributed by atoms with Crippen LogP contribution in [-0.2, 0) is 52.7 Å². The van der Waals surface area contributed by atoms with Crippen molar-refractivity contribution < 1.29 is 73.2 Å². The van der Waals surface area contributed by atoms with Crippen LogP contribution in [0, 0.1) is 5.92 Å². The van der Waals surface area contributed by atoms with Gasteiger partial charge in [-0.25, -0.2) is 4.79 Å². The number of carbonyl (C=O) groups is 11. The molecule has 0 aromatic rings. The first-order valence-corrected chi connectivity index (χ1v) is 21.3. The lowest BCUT2D eigenvalue weighted by Crippen LogP contribution is -2.61. The van der Waals surface area contributed by atoms with Gasteiger partial charge in [-0.05, 0) is 70.3 Å². The van der Waals surface area contributed by atoms with Crippen LogP contribution in [0.2, 0.25) is 0 Å². The highest BCUT2D eigenvalue weighted by molar-refractivity contribution is 7.98. The number of nitrogens with two attached hydrogens (primary N) is 1. The Labute approximate surface area is 362 Å². The van der Waals surface area contributed by atoms with Gasteiger partial charge in [0.2, 0.25) is 47.3 Å². The summed E-state index contributed by atoms with van der Waals surface area (Å²) in [5.41, 5.74) is 5.40. The van der Waals surface area contributed by atoms with Crippen molar-refractivity contribution in [3.8, 4) is 0 Å². The number of carboxylic acids is 3. The largest absolute Gasteiger partial charge is 0.481 e. The van der Waals surface area contributed by atoms with E-state index in [-0.39, 0.29) is 25.3 Å². The van der Waals surface area contributed by atoms with Gasteiger partial charge in [-0.3, -0.25) is 47.9 Å². The van der Waals surface area contributed by atoms with Crippen LogP contribution in [0.25, 0.3) is 0 Å². The van der Waals surface area contributed by atoms with E-state index >= 15 is 0 Å². The SMILES string of the molecule is CSCC[C@H](NC(=O)[C@H](CCC(=O)O)NC(=O)[C@H](CCC(=O)O)NC(=O)[C@H](CC(C)C)NC(=O)[C@@H](NC(=O)[C@H](C)NC(=O)CNC(=O)[C@@H]1CCCN1C(=O)CN)[C@@H](C)O)C(=O)O. The van der Waals surface area contributed by atoms with Gasteiger partial charge in [0.25, 0.3) is 0 Å². The lowest BCUT2D eigenvalue weighted by atomic mass is 10.0. The van der Waals surface area contributed by atoms with Crippen molar-refractivity contribution in [2.24, 2.45) is 11.7 Å². The fourth-order valence-corrected chi connectivity index (χ4v) is 6.60. The van der Waals surface area contributed by atoms with Crippen LogP contribution in [0.1, 0.15) is 79.1 Å². The smallest absolute Gasteiger partial charge is 0.326 e. The quantitative estimate of drug-likeness (QED) is 0.0356. The molecule has 1 aliphatic heterocycles. The molecule has 0 spiro atoms. The Bertz CT molecular complexity index is 1630. The van der Waals surface area contributed by atoms with Crippen molar-refractivity contribution in [3.63, 3.8) is 0 Å². The third kappa shape index (κ3) is 19.4. The number of carbonyl (C=O) groups excluding carboxylic acids is 8. The number of hydrogen-bond acceptors (Lipinski definition) is 14. The molecule has 24 nitrogen and oxygen atoms in total. The molecule has 0 aromatic carbocycles. The average molecular weight is 904 g/mol. The number of rotatable bonds is 28. The number of hydrogen-bond donors (Lipinski definition) is 12. The summed E-state index contributed by atoms with van der Waals surface area (Å²) in [6.45, 7) is 5.26. The number of amides is 8. The Kier molecular flexibility index (Phi) is 24.1. The third-order valence-electron chi connectivity index (χ3n) is 9.43. The predicted molar refractivity (Wildman–Crippen MR) is 220 cm³/mol. The zero-order chi connectivity index (χ0) is 47.3. The summed E-state index contributed by atoms with van der Waals surface area (Å²) in [6.07, 6.45) is -1.37. The number of aliphatic hydroxyl groups excluding tert-OH is 1. The summed E-state index contributed by atoms with van der Waals surface area (Å²) in [5.74, 6) is -11.1. The van der Waals surface area contributed by atoms with Crippen molar-refractivity contribution in [2.75, 3.05) is 31.6 Å². The summed E-state index contributed by atoms with van der Waals surface area (Å²) in [4.78, 5) is 140. The lowest BCUT2D eigenvalue weighted by molar-refractivity contribution is -0.143. The molecule has 350 valence electrons. The number of likely N-dealkylation sites (tertiary alicyclic amines) is 1. The summed E-state index contributed by atoms with van der Waals surface area (Å²) >= 11 is 1.31. The zero-order valence-corrected chi connectivity index (χ0v) is 36.2. The molecule has 0 aliphatic carbocycles. The Hall–Kier alpha value is -5.56. The van der Waals surface area contributed by atoms with E-state index in [1.807, 2.05) is 0 Å². The first-order valence-electron chi connectivity index (χ1n) is 19.9. The average Bonchev–Trinajstić information content (AvgIpc) is 3.69. The molecular weight excluding hydrogens is 843 g/mol. The summed E-state index contributed by atoms with van der Waals surface area (Å²) in [5, 5.41) is 55.0. The van der Waals surface area contributed by atoms with Gasteiger partial charge in [0, 0.05) is 19.4 Å². The molecule has 1 aliphatic rings. The van der Waals surface area contributed by atoms with Crippen molar-refractivity contribution >= 4 is 76.9 Å². The highest BCUT2D eigenvalue weighted by atomic mass is 32.2. The third-order valence-corrected chi connectivity index (χ3v) is 10.1. The summed E-state index contributed by atoms with van der Waals surface area (Å²) in [6, 6.07) is -9.98. The molecule has 1 fully saturated rings. The molecule has 8 amide bonds. The topological polar surface area (TPSA) is 382 Å². The minimum absolute atomic E-state index is 0.000318. The van der Waals surface area contributed by atoms with E-state index in [9.17, 15) is 73.2 Å². The van der Waals surface area contributed by atoms with Gasteiger partial charge in [-0.2, -0.15) is 11.8 Å². The highest BCUT2D eigenvalue weighted by Crippen LogP contribution is 2.17. The predicted octanol–water partition coefficient (Wildman–Crippen LogP) is -4.02. The van der Waals surface area contributed by atoms with Crippen LogP contribution < -0.4 is 43.0 Å². The maximum absolute atomic E-state index is 13.7. The van der Waals surface area contributed by atoms with Crippen LogP contribution in [0.4, 0.5) is 0 Å². The van der Waals surface area contributed by atoms with Gasteiger partial charge >= 0.3 is 17.9 Å². The van der Waals surface area contributed by atoms with Crippen molar-refractivity contribution in [2.45, 2.75) is 127 Å². The normalized spacial score (nSPS) is 16.8. The van der Waals surface area contributed by atoms with Gasteiger partial charge in [0.15, 0.2) is 0 Å². The van der Waals surface area contributed by atoms with E-state index < -0.39 is 146 Å². The molecule has 1 heterocycles. The summed E-state index contributed by atoms with van der Waals surface area (Å²) in [7, 11) is 0. The van der Waals surface area contributed by atoms with Crippen LogP contribution in [0.5, 0.6) is 0 Å². The monoisotopic (exact) mass is 903 g/mol. The molecule has 62 heavy (non-hydrogen) atoms. The van der Waals surface area contributed by atoms with Crippen molar-refractivity contribution in [1.82, 2.24) is 42.1 Å². The van der Waals surface area contributed by atoms with Crippen LogP contribution in [0.3, 0.4) is 0 Å². The number of carboxylic acid groups (broad SMARTS) is 3. The van der Waals surface area contributed by atoms with Crippen LogP contribution >= 0.6 is 11.8 Å². The van der Waals surface area contributed by atoms with Gasteiger partial charge in [-0.1, -0.05) is 13.8 Å². The maximum Gasteiger partial charge on any atom is 0.326 e. The fraction of sp³-hybridized carbons (Fsp3) is 0.703. The number of nitrogens with one attached hydrogen (secondary N) is 7. The molecule has 1 saturated heterocycles. The molecule has 0 saturated carbocycles. The minimum atomic E-state index is -1.71. The van der Waals surface area contributed by atoms with E-state index in [1.54, 1.807) is 20.1 Å². The molecule has 0 unspecified atom stereocenters. The van der Waals surface area contributed by atoms with Crippen molar-refractivity contribution in [1.29, 1.82) is 0 Å². The Balaban J connectivity index is 3.13. The van der Waals surface area contributed by atoms with Gasteiger partial charge < -0.3 is 68.3 Å². The standard InChI is InChI=1S/C37H61N9O15S/c1-18(2)15-24(34(57)42-21(8-10-28(50)51)32(55)41-22(9-11-29(52)53)33(56)43-23(37(60)61)12-14-62-5)44-36(59)30(20(4)47)45-31(54)19(3)40-26(48)17-39-35(58)25-7-6-13-46(25)27(49)16-38/h18-25,30,47H,6-17,38H2,1-5H3,(H,39,58)(H,40,48)(H,41,55)(H,42,57)(H,43,56)(H,44,59)(H,45,54)(H,50,51)(H,52,53)(H,60,61)/t19-,20+,21-,22-,23-,24-,25-,30-/m0/s1. The number of aliphatic hydroxyl groups is 1. The first-order chi connectivity index (χ1) is 29.0. The molecule has 0 bridgehead atoms. The number of nitrogens with zero attached hydrogens (tertiary/aromatic N) is 1. The Morgan fingerprint density at radius 3 is 1.68 bits per heavy atom. The lowest BCUT2D eigenvalue weighted by Gasteiger charge is -2.28. The zero-order valence-electron chi connectivity index (χ0n) is 35.4. The van der Waals surface area contributed by atoms with Gasteiger partial charge in [0.05, 0.1) is 19.2 Å². The first kappa shape index (κ1) is 54.5. The molecule has 0 aromatic heterocycles. The Morgan fingerprint density at radius 1 is 0.694 bits per heavy atom. The van der Waals surface area contributed by atoms with Crippen molar-refractivity contribution in [3.05, 3.63) is 0 Å². The molecule has 1 rings (SSSR count). The number of thioether (sulfide) groups is 1. The highest BCUT2D eigenvalue weighted by Gasteiger charge is 2.36. The molecule has 8 atom stereocenters. The second-order valence-corrected chi connectivity index (χ2v) is 16.0. The molecule has 25 heteroatoms. The van der Waals surface area contributed by atoms with Gasteiger partial charge in [-0.15, -0.1) is 0 Å². The summed E-state index contributed by atoms with van der Waals surface area (Å²) < 4.78 is 0. The molecule has 0 radical (unpaired) electrons. The second-order valence-electron chi connectivity index (χ2n) is 15.0. The van der Waals surface area contributed by atoms with E-state index in [2.05, 4.69) is 37.2 Å². The van der Waals surface area contributed by atoms with Crippen LogP contribution in [-0.4, -0.2) is 171 Å². The van der Waals surface area contributed by atoms with Crippen LogP contribution in [0.15, 0.2) is 0 Å². The van der Waals surface area contributed by atoms with E-state index in [4.69, 9.17) is 5.73 Å². The van der Waals surface area contributed by atoms with E-state index in [0.29, 0.717) is 25.1 Å². The second kappa shape index (κ2) is 27.4. The Morgan fingerprint density at radius 2 is 1.21 bits per heavy atom. The van der Waals surface area contributed by atoms with Gasteiger partial charge in [0.1, 0.15) is 42.3 Å². The maximum atomic E-state index is 13.7.